The average Bonchev–Trinajstić information content (AvgIpc) is 3.18. The van der Waals surface area contributed by atoms with E-state index in [1.807, 2.05) is 42.5 Å². The molecule has 1 fully saturated rings. The molecule has 1 saturated carbocycles. The van der Waals surface area contributed by atoms with E-state index in [9.17, 15) is 4.79 Å². The van der Waals surface area contributed by atoms with Gasteiger partial charge in [0.25, 0.3) is 0 Å². The van der Waals surface area contributed by atoms with Crippen molar-refractivity contribution in [3.63, 3.8) is 0 Å². The highest BCUT2D eigenvalue weighted by Gasteiger charge is 2.42. The molecule has 1 aliphatic heterocycles. The smallest absolute Gasteiger partial charge is 0.230 e. The standard InChI is InChI=1S/C21H23NO3/c23-20(21(12-6-7-13-21)17-9-2-1-3-10-17)22-14-19-24-15-16-8-4-5-11-18(16)25-19/h1-5,8-11,19H,6-7,12-15H2,(H,22,23)/t19-/m1/s1. The third-order valence-electron chi connectivity index (χ3n) is 5.30. The fraction of sp³-hybridized carbons (Fsp3) is 0.381. The molecule has 1 aliphatic carbocycles. The number of hydrogen-bond donors (Lipinski definition) is 1. The molecule has 0 unspecified atom stereocenters. The van der Waals surface area contributed by atoms with Gasteiger partial charge in [-0.25, -0.2) is 0 Å². The fourth-order valence-corrected chi connectivity index (χ4v) is 3.92. The number of nitrogens with one attached hydrogen (secondary N) is 1. The second-order valence-electron chi connectivity index (χ2n) is 6.83. The molecule has 1 N–H and O–H groups in total. The minimum Gasteiger partial charge on any atom is -0.463 e. The van der Waals surface area contributed by atoms with Gasteiger partial charge in [0.1, 0.15) is 5.75 Å². The summed E-state index contributed by atoms with van der Waals surface area (Å²) in [6, 6.07) is 18.0. The van der Waals surface area contributed by atoms with Crippen molar-refractivity contribution in [1.29, 1.82) is 0 Å². The van der Waals surface area contributed by atoms with Crippen LogP contribution in [0.2, 0.25) is 0 Å². The Morgan fingerprint density at radius 1 is 1.04 bits per heavy atom. The summed E-state index contributed by atoms with van der Waals surface area (Å²) < 4.78 is 11.6. The van der Waals surface area contributed by atoms with Crippen LogP contribution in [0.4, 0.5) is 0 Å². The van der Waals surface area contributed by atoms with Gasteiger partial charge in [-0.05, 0) is 24.5 Å². The minimum atomic E-state index is -0.437. The number of benzene rings is 2. The van der Waals surface area contributed by atoms with Crippen LogP contribution in [0, 0.1) is 0 Å². The highest BCUT2D eigenvalue weighted by atomic mass is 16.7. The SMILES string of the molecule is O=C(NC[C@@H]1OCc2ccccc2O1)C1(c2ccccc2)CCCC1. The maximum absolute atomic E-state index is 13.0. The Balaban J connectivity index is 1.43. The second kappa shape index (κ2) is 6.89. The van der Waals surface area contributed by atoms with Crippen LogP contribution < -0.4 is 10.1 Å². The quantitative estimate of drug-likeness (QED) is 0.928. The van der Waals surface area contributed by atoms with Gasteiger partial charge in [0.2, 0.25) is 12.2 Å². The normalized spacial score (nSPS) is 21.2. The zero-order valence-electron chi connectivity index (χ0n) is 14.2. The molecule has 1 atom stereocenters. The molecule has 4 rings (SSSR count). The molecule has 0 aromatic heterocycles. The van der Waals surface area contributed by atoms with Crippen molar-refractivity contribution in [1.82, 2.24) is 5.32 Å². The molecule has 0 spiro atoms. The highest BCUT2D eigenvalue weighted by molar-refractivity contribution is 5.88. The number of para-hydroxylation sites is 1. The van der Waals surface area contributed by atoms with Gasteiger partial charge in [-0.3, -0.25) is 4.79 Å². The predicted octanol–water partition coefficient (Wildman–Crippen LogP) is 3.55. The molecule has 1 heterocycles. The van der Waals surface area contributed by atoms with E-state index in [1.54, 1.807) is 0 Å². The first-order valence-corrected chi connectivity index (χ1v) is 8.98. The third kappa shape index (κ3) is 3.14. The Morgan fingerprint density at radius 3 is 2.56 bits per heavy atom. The highest BCUT2D eigenvalue weighted by Crippen LogP contribution is 2.41. The van der Waals surface area contributed by atoms with Crippen LogP contribution in [0.15, 0.2) is 54.6 Å². The average molecular weight is 337 g/mol. The van der Waals surface area contributed by atoms with E-state index in [0.717, 1.165) is 42.6 Å². The largest absolute Gasteiger partial charge is 0.463 e. The van der Waals surface area contributed by atoms with Crippen molar-refractivity contribution in [3.05, 3.63) is 65.7 Å². The molecule has 2 aromatic rings. The maximum Gasteiger partial charge on any atom is 0.230 e. The molecular weight excluding hydrogens is 314 g/mol. The number of rotatable bonds is 4. The molecule has 4 heteroatoms. The van der Waals surface area contributed by atoms with Gasteiger partial charge in [-0.1, -0.05) is 61.4 Å². The summed E-state index contributed by atoms with van der Waals surface area (Å²) in [6.07, 6.45) is 3.54. The number of carbonyl (C=O) groups is 1. The summed E-state index contributed by atoms with van der Waals surface area (Å²) in [7, 11) is 0. The van der Waals surface area contributed by atoms with Gasteiger partial charge < -0.3 is 14.8 Å². The van der Waals surface area contributed by atoms with Gasteiger partial charge in [0, 0.05) is 5.56 Å². The summed E-state index contributed by atoms with van der Waals surface area (Å²) in [4.78, 5) is 13.0. The molecule has 25 heavy (non-hydrogen) atoms. The summed E-state index contributed by atoms with van der Waals surface area (Å²) >= 11 is 0. The molecule has 0 bridgehead atoms. The lowest BCUT2D eigenvalue weighted by atomic mass is 9.78. The summed E-state index contributed by atoms with van der Waals surface area (Å²) in [6.45, 7) is 0.877. The predicted molar refractivity (Wildman–Crippen MR) is 95.2 cm³/mol. The van der Waals surface area contributed by atoms with Gasteiger partial charge in [-0.2, -0.15) is 0 Å². The molecular formula is C21H23NO3. The lowest BCUT2D eigenvalue weighted by Gasteiger charge is -2.31. The Hall–Kier alpha value is -2.33. The van der Waals surface area contributed by atoms with Crippen LogP contribution in [0.1, 0.15) is 36.8 Å². The zero-order valence-corrected chi connectivity index (χ0v) is 14.2. The lowest BCUT2D eigenvalue weighted by Crippen LogP contribution is -2.47. The van der Waals surface area contributed by atoms with Gasteiger partial charge >= 0.3 is 0 Å². The fourth-order valence-electron chi connectivity index (χ4n) is 3.92. The summed E-state index contributed by atoms with van der Waals surface area (Å²) in [5, 5.41) is 3.08. The van der Waals surface area contributed by atoms with Crippen LogP contribution in [-0.4, -0.2) is 18.7 Å². The first kappa shape index (κ1) is 16.2. The number of ether oxygens (including phenoxy) is 2. The Bertz CT molecular complexity index is 738. The van der Waals surface area contributed by atoms with Crippen LogP contribution in [0.25, 0.3) is 0 Å². The Morgan fingerprint density at radius 2 is 1.76 bits per heavy atom. The summed E-state index contributed by atoms with van der Waals surface area (Å²) in [5.41, 5.74) is 1.75. The van der Waals surface area contributed by atoms with E-state index < -0.39 is 11.7 Å². The topological polar surface area (TPSA) is 47.6 Å². The van der Waals surface area contributed by atoms with E-state index in [0.29, 0.717) is 13.2 Å². The molecule has 2 aromatic carbocycles. The number of fused-ring (bicyclic) bond motifs is 1. The van der Waals surface area contributed by atoms with Crippen LogP contribution >= 0.6 is 0 Å². The molecule has 130 valence electrons. The van der Waals surface area contributed by atoms with E-state index >= 15 is 0 Å². The lowest BCUT2D eigenvalue weighted by molar-refractivity contribution is -0.133. The molecule has 0 saturated heterocycles. The van der Waals surface area contributed by atoms with Gasteiger partial charge in [0.05, 0.1) is 18.6 Å². The third-order valence-corrected chi connectivity index (χ3v) is 5.30. The van der Waals surface area contributed by atoms with E-state index in [-0.39, 0.29) is 5.91 Å². The summed E-state index contributed by atoms with van der Waals surface area (Å²) in [5.74, 6) is 0.925. The molecule has 2 aliphatic rings. The Kier molecular flexibility index (Phi) is 4.45. The van der Waals surface area contributed by atoms with Crippen molar-refractivity contribution >= 4 is 5.91 Å². The van der Waals surface area contributed by atoms with E-state index in [1.165, 1.54) is 0 Å². The monoisotopic (exact) mass is 337 g/mol. The van der Waals surface area contributed by atoms with E-state index in [4.69, 9.17) is 9.47 Å². The van der Waals surface area contributed by atoms with Crippen molar-refractivity contribution in [2.24, 2.45) is 0 Å². The maximum atomic E-state index is 13.0. The molecule has 0 radical (unpaired) electrons. The number of hydrogen-bond acceptors (Lipinski definition) is 3. The number of amides is 1. The van der Waals surface area contributed by atoms with Crippen LogP contribution in [-0.2, 0) is 21.6 Å². The Labute approximate surface area is 148 Å². The molecule has 4 nitrogen and oxygen atoms in total. The number of carbonyl (C=O) groups excluding carboxylic acids is 1. The zero-order chi connectivity index (χ0) is 17.1. The van der Waals surface area contributed by atoms with Crippen molar-refractivity contribution in [2.75, 3.05) is 6.54 Å². The first-order chi connectivity index (χ1) is 12.3. The minimum absolute atomic E-state index is 0.0854. The second-order valence-corrected chi connectivity index (χ2v) is 6.83. The van der Waals surface area contributed by atoms with E-state index in [2.05, 4.69) is 17.4 Å². The van der Waals surface area contributed by atoms with Gasteiger partial charge in [0.15, 0.2) is 0 Å². The van der Waals surface area contributed by atoms with Crippen molar-refractivity contribution in [2.45, 2.75) is 44.0 Å². The van der Waals surface area contributed by atoms with Crippen molar-refractivity contribution in [3.8, 4) is 5.75 Å². The van der Waals surface area contributed by atoms with Gasteiger partial charge in [-0.15, -0.1) is 0 Å². The van der Waals surface area contributed by atoms with Crippen molar-refractivity contribution < 1.29 is 14.3 Å². The van der Waals surface area contributed by atoms with Crippen LogP contribution in [0.3, 0.4) is 0 Å². The molecule has 1 amide bonds. The van der Waals surface area contributed by atoms with Crippen LogP contribution in [0.5, 0.6) is 5.75 Å². The first-order valence-electron chi connectivity index (χ1n) is 8.98.